The Hall–Kier alpha value is -1.75. The molecular weight excluding hydrogens is 256 g/mol. The Morgan fingerprint density at radius 2 is 2.10 bits per heavy atom. The quantitative estimate of drug-likeness (QED) is 0.748. The van der Waals surface area contributed by atoms with Crippen LogP contribution >= 0.6 is 0 Å². The number of amides is 2. The number of phenols is 1. The number of benzene rings is 1. The summed E-state index contributed by atoms with van der Waals surface area (Å²) < 4.78 is 0. The van der Waals surface area contributed by atoms with E-state index < -0.39 is 0 Å². The summed E-state index contributed by atoms with van der Waals surface area (Å²) in [5.41, 5.74) is 0.880. The van der Waals surface area contributed by atoms with E-state index in [1.54, 1.807) is 30.1 Å². The van der Waals surface area contributed by atoms with E-state index in [9.17, 15) is 9.90 Å². The minimum absolute atomic E-state index is 0.0217. The van der Waals surface area contributed by atoms with Crippen molar-refractivity contribution in [2.24, 2.45) is 0 Å². The summed E-state index contributed by atoms with van der Waals surface area (Å²) in [6, 6.07) is 6.63. The number of urea groups is 1. The molecule has 0 heterocycles. The summed E-state index contributed by atoms with van der Waals surface area (Å²) in [6.45, 7) is 3.96. The first-order valence-electron chi connectivity index (χ1n) is 6.88. The zero-order chi connectivity index (χ0) is 15.1. The molecule has 0 spiro atoms. The number of carbonyl (C=O) groups is 1. The maximum absolute atomic E-state index is 12.1. The molecule has 3 N–H and O–H groups in total. The van der Waals surface area contributed by atoms with Crippen molar-refractivity contribution < 1.29 is 15.0 Å². The molecular formula is C15H24N2O3. The van der Waals surface area contributed by atoms with Crippen molar-refractivity contribution >= 4 is 6.03 Å². The van der Waals surface area contributed by atoms with E-state index in [2.05, 4.69) is 5.32 Å². The van der Waals surface area contributed by atoms with Crippen molar-refractivity contribution in [3.63, 3.8) is 0 Å². The normalized spacial score (nSPS) is 13.6. The van der Waals surface area contributed by atoms with Gasteiger partial charge in [-0.15, -0.1) is 0 Å². The highest BCUT2D eigenvalue weighted by atomic mass is 16.3. The third-order valence-electron chi connectivity index (χ3n) is 3.42. The summed E-state index contributed by atoms with van der Waals surface area (Å²) in [4.78, 5) is 13.7. The molecule has 0 aliphatic rings. The van der Waals surface area contributed by atoms with E-state index in [0.717, 1.165) is 12.0 Å². The van der Waals surface area contributed by atoms with Crippen LogP contribution < -0.4 is 5.32 Å². The second kappa shape index (κ2) is 7.75. The summed E-state index contributed by atoms with van der Waals surface area (Å²) >= 11 is 0. The standard InChI is InChI=1S/C15H24N2O3/c1-11(6-5-9-18)16-15(20)17(3)12(2)13-7-4-8-14(19)10-13/h4,7-8,10-12,18-19H,5-6,9H2,1-3H3,(H,16,20). The molecule has 0 radical (unpaired) electrons. The summed E-state index contributed by atoms with van der Waals surface area (Å²) in [7, 11) is 1.73. The van der Waals surface area contributed by atoms with Gasteiger partial charge < -0.3 is 20.4 Å². The Morgan fingerprint density at radius 1 is 1.40 bits per heavy atom. The van der Waals surface area contributed by atoms with Crippen molar-refractivity contribution in [1.82, 2.24) is 10.2 Å². The van der Waals surface area contributed by atoms with Gasteiger partial charge in [0.25, 0.3) is 0 Å². The van der Waals surface area contributed by atoms with Gasteiger partial charge in [-0.3, -0.25) is 0 Å². The Bertz CT molecular complexity index is 437. The minimum Gasteiger partial charge on any atom is -0.508 e. The highest BCUT2D eigenvalue weighted by Gasteiger charge is 2.18. The molecule has 0 aliphatic carbocycles. The smallest absolute Gasteiger partial charge is 0.317 e. The van der Waals surface area contributed by atoms with Crippen LogP contribution in [-0.2, 0) is 0 Å². The average Bonchev–Trinajstić information content (AvgIpc) is 2.43. The minimum atomic E-state index is -0.161. The lowest BCUT2D eigenvalue weighted by molar-refractivity contribution is 0.189. The van der Waals surface area contributed by atoms with Crippen molar-refractivity contribution in [1.29, 1.82) is 0 Å². The van der Waals surface area contributed by atoms with Crippen LogP contribution in [0.2, 0.25) is 0 Å². The predicted molar refractivity (Wildman–Crippen MR) is 78.6 cm³/mol. The summed E-state index contributed by atoms with van der Waals surface area (Å²) in [5.74, 6) is 0.194. The van der Waals surface area contributed by atoms with Crippen LogP contribution in [0.1, 0.15) is 38.3 Å². The number of phenolic OH excluding ortho intramolecular Hbond substituents is 1. The van der Waals surface area contributed by atoms with Gasteiger partial charge in [0.15, 0.2) is 0 Å². The third-order valence-corrected chi connectivity index (χ3v) is 3.42. The maximum atomic E-state index is 12.1. The van der Waals surface area contributed by atoms with E-state index in [1.165, 1.54) is 0 Å². The average molecular weight is 280 g/mol. The number of hydrogen-bond donors (Lipinski definition) is 3. The molecule has 0 bridgehead atoms. The fourth-order valence-electron chi connectivity index (χ4n) is 1.97. The zero-order valence-electron chi connectivity index (χ0n) is 12.3. The van der Waals surface area contributed by atoms with E-state index in [0.29, 0.717) is 6.42 Å². The van der Waals surface area contributed by atoms with E-state index in [4.69, 9.17) is 5.11 Å². The van der Waals surface area contributed by atoms with Gasteiger partial charge in [-0.05, 0) is 44.4 Å². The Kier molecular flexibility index (Phi) is 6.31. The van der Waals surface area contributed by atoms with Crippen LogP contribution in [0.5, 0.6) is 5.75 Å². The third kappa shape index (κ3) is 4.74. The van der Waals surface area contributed by atoms with Crippen LogP contribution in [-0.4, -0.2) is 40.8 Å². The van der Waals surface area contributed by atoms with Crippen molar-refractivity contribution in [2.75, 3.05) is 13.7 Å². The Balaban J connectivity index is 2.59. The zero-order valence-corrected chi connectivity index (χ0v) is 12.3. The molecule has 1 aromatic rings. The molecule has 20 heavy (non-hydrogen) atoms. The molecule has 0 aromatic heterocycles. The SMILES string of the molecule is CC(CCCO)NC(=O)N(C)C(C)c1cccc(O)c1. The molecule has 5 nitrogen and oxygen atoms in total. The highest BCUT2D eigenvalue weighted by molar-refractivity contribution is 5.74. The van der Waals surface area contributed by atoms with Crippen molar-refractivity contribution in [2.45, 2.75) is 38.8 Å². The number of nitrogens with one attached hydrogen (secondary N) is 1. The van der Waals surface area contributed by atoms with E-state index in [-0.39, 0.29) is 30.5 Å². The van der Waals surface area contributed by atoms with Crippen LogP contribution in [0.25, 0.3) is 0 Å². The molecule has 1 rings (SSSR count). The van der Waals surface area contributed by atoms with Crippen LogP contribution in [0.3, 0.4) is 0 Å². The summed E-state index contributed by atoms with van der Waals surface area (Å²) in [6.07, 6.45) is 1.42. The first-order valence-corrected chi connectivity index (χ1v) is 6.88. The number of aromatic hydroxyl groups is 1. The van der Waals surface area contributed by atoms with Crippen molar-refractivity contribution in [3.05, 3.63) is 29.8 Å². The summed E-state index contributed by atoms with van der Waals surface area (Å²) in [5, 5.41) is 21.1. The second-order valence-electron chi connectivity index (χ2n) is 5.10. The van der Waals surface area contributed by atoms with Gasteiger partial charge in [-0.25, -0.2) is 4.79 Å². The number of rotatable bonds is 6. The number of aliphatic hydroxyl groups excluding tert-OH is 1. The van der Waals surface area contributed by atoms with Gasteiger partial charge in [-0.2, -0.15) is 0 Å². The van der Waals surface area contributed by atoms with Crippen LogP contribution in [0, 0.1) is 0 Å². The van der Waals surface area contributed by atoms with Gasteiger partial charge in [-0.1, -0.05) is 12.1 Å². The molecule has 1 aromatic carbocycles. The lowest BCUT2D eigenvalue weighted by atomic mass is 10.1. The molecule has 0 aliphatic heterocycles. The van der Waals surface area contributed by atoms with E-state index >= 15 is 0 Å². The highest BCUT2D eigenvalue weighted by Crippen LogP contribution is 2.22. The van der Waals surface area contributed by atoms with Crippen LogP contribution in [0.15, 0.2) is 24.3 Å². The first kappa shape index (κ1) is 16.3. The second-order valence-corrected chi connectivity index (χ2v) is 5.10. The fraction of sp³-hybridized carbons (Fsp3) is 0.533. The molecule has 0 saturated carbocycles. The monoisotopic (exact) mass is 280 g/mol. The maximum Gasteiger partial charge on any atom is 0.317 e. The molecule has 2 unspecified atom stereocenters. The fourth-order valence-corrected chi connectivity index (χ4v) is 1.97. The number of hydrogen-bond acceptors (Lipinski definition) is 3. The lowest BCUT2D eigenvalue weighted by Gasteiger charge is -2.27. The number of carbonyl (C=O) groups excluding carboxylic acids is 1. The number of aliphatic hydroxyl groups is 1. The lowest BCUT2D eigenvalue weighted by Crippen LogP contribution is -2.43. The van der Waals surface area contributed by atoms with E-state index in [1.807, 2.05) is 19.9 Å². The number of nitrogens with zero attached hydrogens (tertiary/aromatic N) is 1. The van der Waals surface area contributed by atoms with Gasteiger partial charge in [0, 0.05) is 19.7 Å². The molecule has 112 valence electrons. The largest absolute Gasteiger partial charge is 0.508 e. The predicted octanol–water partition coefficient (Wildman–Crippen LogP) is 2.26. The molecule has 5 heteroatoms. The Morgan fingerprint density at radius 3 is 2.70 bits per heavy atom. The first-order chi connectivity index (χ1) is 9.45. The topological polar surface area (TPSA) is 72.8 Å². The molecule has 2 atom stereocenters. The molecule has 0 saturated heterocycles. The van der Waals surface area contributed by atoms with Crippen LogP contribution in [0.4, 0.5) is 4.79 Å². The van der Waals surface area contributed by atoms with Gasteiger partial charge in [0.2, 0.25) is 0 Å². The molecule has 0 fully saturated rings. The van der Waals surface area contributed by atoms with Gasteiger partial charge >= 0.3 is 6.03 Å². The van der Waals surface area contributed by atoms with Gasteiger partial charge in [0.1, 0.15) is 5.75 Å². The van der Waals surface area contributed by atoms with Crippen molar-refractivity contribution in [3.8, 4) is 5.75 Å². The molecule has 2 amide bonds. The van der Waals surface area contributed by atoms with Gasteiger partial charge in [0.05, 0.1) is 6.04 Å². The Labute approximate surface area is 120 Å².